The van der Waals surface area contributed by atoms with Crippen LogP contribution in [-0.4, -0.2) is 42.2 Å². The van der Waals surface area contributed by atoms with E-state index in [1.165, 1.54) is 0 Å². The molecular formula is C19H21NO3. The minimum Gasteiger partial charge on any atom is -0.387 e. The van der Waals surface area contributed by atoms with Crippen molar-refractivity contribution in [1.82, 2.24) is 4.90 Å². The van der Waals surface area contributed by atoms with Crippen molar-refractivity contribution in [1.29, 1.82) is 0 Å². The molecule has 1 amide bonds. The molecule has 0 saturated carbocycles. The van der Waals surface area contributed by atoms with Gasteiger partial charge in [-0.05, 0) is 11.1 Å². The molecule has 1 fully saturated rings. The standard InChI is InChI=1S/C19H21NO3/c21-18(16-9-5-2-6-10-16)17(15-7-3-1-4-8-15)19(22)20-11-13-23-14-12-20/h1-10,17-18,21H,11-14H2/t17-,18-/m1/s1. The third-order valence-corrected chi connectivity index (χ3v) is 4.20. The quantitative estimate of drug-likeness (QED) is 0.943. The summed E-state index contributed by atoms with van der Waals surface area (Å²) in [5.74, 6) is -0.646. The molecule has 1 aliphatic rings. The Morgan fingerprint density at radius 1 is 0.913 bits per heavy atom. The third kappa shape index (κ3) is 3.60. The van der Waals surface area contributed by atoms with Gasteiger partial charge in [0.1, 0.15) is 0 Å². The van der Waals surface area contributed by atoms with Gasteiger partial charge >= 0.3 is 0 Å². The highest BCUT2D eigenvalue weighted by Crippen LogP contribution is 2.32. The maximum atomic E-state index is 13.0. The molecule has 3 rings (SSSR count). The van der Waals surface area contributed by atoms with Crippen LogP contribution in [0.25, 0.3) is 0 Å². The van der Waals surface area contributed by atoms with Crippen LogP contribution in [0.1, 0.15) is 23.1 Å². The molecule has 0 bridgehead atoms. The zero-order valence-corrected chi connectivity index (χ0v) is 13.0. The number of carbonyl (C=O) groups excluding carboxylic acids is 1. The first-order valence-corrected chi connectivity index (χ1v) is 7.92. The van der Waals surface area contributed by atoms with E-state index in [9.17, 15) is 9.90 Å². The zero-order valence-electron chi connectivity index (χ0n) is 13.0. The lowest BCUT2D eigenvalue weighted by Gasteiger charge is -2.32. The fraction of sp³-hybridized carbons (Fsp3) is 0.316. The van der Waals surface area contributed by atoms with Crippen molar-refractivity contribution in [2.45, 2.75) is 12.0 Å². The molecule has 1 saturated heterocycles. The van der Waals surface area contributed by atoms with Gasteiger partial charge in [-0.15, -0.1) is 0 Å². The van der Waals surface area contributed by atoms with Crippen LogP contribution in [0.5, 0.6) is 0 Å². The van der Waals surface area contributed by atoms with Crippen LogP contribution < -0.4 is 0 Å². The average Bonchev–Trinajstić information content (AvgIpc) is 2.64. The van der Waals surface area contributed by atoms with Crippen molar-refractivity contribution in [2.75, 3.05) is 26.3 Å². The van der Waals surface area contributed by atoms with Gasteiger partial charge in [-0.3, -0.25) is 4.79 Å². The van der Waals surface area contributed by atoms with Crippen molar-refractivity contribution in [3.05, 3.63) is 71.8 Å². The summed E-state index contributed by atoms with van der Waals surface area (Å²) in [6, 6.07) is 18.9. The van der Waals surface area contributed by atoms with Crippen LogP contribution in [0.3, 0.4) is 0 Å². The van der Waals surface area contributed by atoms with Crippen LogP contribution in [0, 0.1) is 0 Å². The van der Waals surface area contributed by atoms with Gasteiger partial charge in [0.25, 0.3) is 0 Å². The molecule has 0 aromatic heterocycles. The van der Waals surface area contributed by atoms with Crippen LogP contribution in [-0.2, 0) is 9.53 Å². The third-order valence-electron chi connectivity index (χ3n) is 4.20. The Bertz CT molecular complexity index is 624. The van der Waals surface area contributed by atoms with E-state index in [1.807, 2.05) is 60.7 Å². The predicted octanol–water partition coefficient (Wildman–Crippen LogP) is 2.36. The van der Waals surface area contributed by atoms with Gasteiger partial charge < -0.3 is 14.7 Å². The largest absolute Gasteiger partial charge is 0.387 e. The van der Waals surface area contributed by atoms with Gasteiger partial charge in [0.15, 0.2) is 0 Å². The highest BCUT2D eigenvalue weighted by Gasteiger charge is 2.33. The van der Waals surface area contributed by atoms with Gasteiger partial charge in [0, 0.05) is 13.1 Å². The minimum absolute atomic E-state index is 0.0455. The molecule has 0 radical (unpaired) electrons. The van der Waals surface area contributed by atoms with Gasteiger partial charge in [0.2, 0.25) is 5.91 Å². The number of aliphatic hydroxyl groups is 1. The highest BCUT2D eigenvalue weighted by molar-refractivity contribution is 5.84. The maximum absolute atomic E-state index is 13.0. The molecule has 2 atom stereocenters. The summed E-state index contributed by atoms with van der Waals surface area (Å²) < 4.78 is 5.32. The van der Waals surface area contributed by atoms with E-state index >= 15 is 0 Å². The number of ether oxygens (including phenoxy) is 1. The fourth-order valence-corrected chi connectivity index (χ4v) is 2.94. The predicted molar refractivity (Wildman–Crippen MR) is 88.0 cm³/mol. The van der Waals surface area contributed by atoms with Gasteiger partial charge in [-0.2, -0.15) is 0 Å². The molecule has 23 heavy (non-hydrogen) atoms. The van der Waals surface area contributed by atoms with Crippen molar-refractivity contribution in [3.8, 4) is 0 Å². The molecule has 0 spiro atoms. The average molecular weight is 311 g/mol. The Labute approximate surface area is 136 Å². The summed E-state index contributed by atoms with van der Waals surface area (Å²) in [4.78, 5) is 14.8. The first-order valence-electron chi connectivity index (χ1n) is 7.92. The number of benzene rings is 2. The lowest BCUT2D eigenvalue weighted by molar-refractivity contribution is -0.139. The smallest absolute Gasteiger partial charge is 0.233 e. The summed E-state index contributed by atoms with van der Waals surface area (Å²) in [5, 5.41) is 10.9. The Hall–Kier alpha value is -2.17. The first-order chi connectivity index (χ1) is 11.3. The Kier molecular flexibility index (Phi) is 5.05. The summed E-state index contributed by atoms with van der Waals surface area (Å²) in [5.41, 5.74) is 1.59. The van der Waals surface area contributed by atoms with E-state index in [2.05, 4.69) is 0 Å². The van der Waals surface area contributed by atoms with Crippen LogP contribution in [0.2, 0.25) is 0 Å². The second-order valence-corrected chi connectivity index (χ2v) is 5.68. The van der Waals surface area contributed by atoms with E-state index in [0.29, 0.717) is 26.3 Å². The van der Waals surface area contributed by atoms with Crippen LogP contribution in [0.15, 0.2) is 60.7 Å². The van der Waals surface area contributed by atoms with Crippen molar-refractivity contribution in [2.24, 2.45) is 0 Å². The normalized spacial score (nSPS) is 17.5. The van der Waals surface area contributed by atoms with Crippen molar-refractivity contribution in [3.63, 3.8) is 0 Å². The first kappa shape index (κ1) is 15.7. The molecule has 0 aliphatic carbocycles. The molecule has 1 aliphatic heterocycles. The summed E-state index contributed by atoms with van der Waals surface area (Å²) in [6.45, 7) is 2.25. The van der Waals surface area contributed by atoms with Crippen molar-refractivity contribution < 1.29 is 14.6 Å². The summed E-state index contributed by atoms with van der Waals surface area (Å²) >= 11 is 0. The minimum atomic E-state index is -0.867. The molecule has 0 unspecified atom stereocenters. The number of amides is 1. The molecule has 120 valence electrons. The molecule has 2 aromatic carbocycles. The van der Waals surface area contributed by atoms with Crippen LogP contribution >= 0.6 is 0 Å². The Morgan fingerprint density at radius 2 is 1.43 bits per heavy atom. The summed E-state index contributed by atoms with van der Waals surface area (Å²) in [7, 11) is 0. The maximum Gasteiger partial charge on any atom is 0.233 e. The molecule has 1 N–H and O–H groups in total. The molecule has 2 aromatic rings. The van der Waals surface area contributed by atoms with E-state index in [4.69, 9.17) is 4.74 Å². The van der Waals surface area contributed by atoms with Gasteiger partial charge in [-0.25, -0.2) is 0 Å². The Morgan fingerprint density at radius 3 is 2.00 bits per heavy atom. The number of hydrogen-bond acceptors (Lipinski definition) is 3. The van der Waals surface area contributed by atoms with E-state index in [1.54, 1.807) is 4.90 Å². The topological polar surface area (TPSA) is 49.8 Å². The molecular weight excluding hydrogens is 290 g/mol. The van der Waals surface area contributed by atoms with Crippen LogP contribution in [0.4, 0.5) is 0 Å². The van der Waals surface area contributed by atoms with E-state index in [0.717, 1.165) is 11.1 Å². The number of morpholine rings is 1. The lowest BCUT2D eigenvalue weighted by Crippen LogP contribution is -2.44. The second kappa shape index (κ2) is 7.40. The summed E-state index contributed by atoms with van der Waals surface area (Å²) in [6.07, 6.45) is -0.867. The SMILES string of the molecule is O=C([C@H](c1ccccc1)[C@H](O)c1ccccc1)N1CCOCC1. The fourth-order valence-electron chi connectivity index (χ4n) is 2.94. The zero-order chi connectivity index (χ0) is 16.1. The molecule has 4 heteroatoms. The van der Waals surface area contributed by atoms with E-state index < -0.39 is 12.0 Å². The monoisotopic (exact) mass is 311 g/mol. The second-order valence-electron chi connectivity index (χ2n) is 5.68. The van der Waals surface area contributed by atoms with E-state index in [-0.39, 0.29) is 5.91 Å². The van der Waals surface area contributed by atoms with Gasteiger partial charge in [0.05, 0.1) is 25.2 Å². The number of nitrogens with zero attached hydrogens (tertiary/aromatic N) is 1. The van der Waals surface area contributed by atoms with Gasteiger partial charge in [-0.1, -0.05) is 60.7 Å². The van der Waals surface area contributed by atoms with Crippen molar-refractivity contribution >= 4 is 5.91 Å². The molecule has 4 nitrogen and oxygen atoms in total. The number of hydrogen-bond donors (Lipinski definition) is 1. The number of rotatable bonds is 4. The molecule has 1 heterocycles. The number of carbonyl (C=O) groups is 1. The lowest BCUT2D eigenvalue weighted by atomic mass is 9.88. The number of aliphatic hydroxyl groups excluding tert-OH is 1. The highest BCUT2D eigenvalue weighted by atomic mass is 16.5. The Balaban J connectivity index is 1.92.